The number of nitrogens with zero attached hydrogens (tertiary/aromatic N) is 3. The molecule has 0 saturated carbocycles. The molecule has 1 N–H and O–H groups in total. The van der Waals surface area contributed by atoms with Gasteiger partial charge >= 0.3 is 12.1 Å². The molecule has 1 aliphatic rings. The molecule has 2 atom stereocenters. The van der Waals surface area contributed by atoms with Gasteiger partial charge in [0.25, 0.3) is 0 Å². The van der Waals surface area contributed by atoms with E-state index in [1.165, 1.54) is 12.1 Å². The van der Waals surface area contributed by atoms with Crippen molar-refractivity contribution in [2.24, 2.45) is 0 Å². The standard InChI is InChI=1S/C31H36F3N3O3/c1-21(2)40-29(38)28-20-36(18-23-11-13-35-14-12-23)15-16-37(28)19-24-5-10-27(22(3)17-24)25-6-8-26(9-7-25)30(4,39)31(32,33)34/h5-14,17,21,28,39H,15-16,18-20H2,1-4H3/t28-,30?/m1/s1. The lowest BCUT2D eigenvalue weighted by atomic mass is 9.92. The maximum atomic E-state index is 13.2. The number of halogens is 3. The second kappa shape index (κ2) is 12.1. The smallest absolute Gasteiger partial charge is 0.421 e. The lowest BCUT2D eigenvalue weighted by Crippen LogP contribution is -2.56. The van der Waals surface area contributed by atoms with E-state index in [1.807, 2.05) is 51.1 Å². The Morgan fingerprint density at radius 2 is 1.70 bits per heavy atom. The Bertz CT molecular complexity index is 1290. The molecule has 0 aliphatic carbocycles. The van der Waals surface area contributed by atoms with Crippen molar-refractivity contribution < 1.29 is 27.8 Å². The number of carbonyl (C=O) groups excluding carboxylic acids is 1. The summed E-state index contributed by atoms with van der Waals surface area (Å²) in [5, 5.41) is 9.96. The zero-order valence-electron chi connectivity index (χ0n) is 23.3. The van der Waals surface area contributed by atoms with Crippen LogP contribution in [0.15, 0.2) is 67.0 Å². The van der Waals surface area contributed by atoms with Crippen LogP contribution in [0.4, 0.5) is 13.2 Å². The molecule has 1 aromatic heterocycles. The molecule has 6 nitrogen and oxygen atoms in total. The lowest BCUT2D eigenvalue weighted by molar-refractivity contribution is -0.258. The van der Waals surface area contributed by atoms with Crippen LogP contribution >= 0.6 is 0 Å². The lowest BCUT2D eigenvalue weighted by Gasteiger charge is -2.40. The van der Waals surface area contributed by atoms with E-state index in [-0.39, 0.29) is 17.6 Å². The highest BCUT2D eigenvalue weighted by Gasteiger charge is 2.51. The fourth-order valence-corrected chi connectivity index (χ4v) is 5.01. The van der Waals surface area contributed by atoms with E-state index in [9.17, 15) is 23.1 Å². The van der Waals surface area contributed by atoms with E-state index in [1.54, 1.807) is 24.5 Å². The molecule has 1 aliphatic heterocycles. The second-order valence-electron chi connectivity index (χ2n) is 10.9. The number of ether oxygens (including phenoxy) is 1. The third kappa shape index (κ3) is 6.89. The van der Waals surface area contributed by atoms with Gasteiger partial charge in [-0.1, -0.05) is 42.5 Å². The first kappa shape index (κ1) is 29.7. The van der Waals surface area contributed by atoms with Crippen molar-refractivity contribution in [2.75, 3.05) is 19.6 Å². The molecule has 1 fully saturated rings. The van der Waals surface area contributed by atoms with E-state index in [4.69, 9.17) is 4.74 Å². The number of esters is 1. The Morgan fingerprint density at radius 3 is 2.30 bits per heavy atom. The van der Waals surface area contributed by atoms with Crippen LogP contribution in [0.25, 0.3) is 11.1 Å². The highest BCUT2D eigenvalue weighted by Crippen LogP contribution is 2.39. The number of aryl methyl sites for hydroxylation is 1. The monoisotopic (exact) mass is 555 g/mol. The molecule has 3 aromatic rings. The molecule has 2 aromatic carbocycles. The molecule has 40 heavy (non-hydrogen) atoms. The number of carbonyl (C=O) groups is 1. The number of alkyl halides is 3. The molecular formula is C31H36F3N3O3. The summed E-state index contributed by atoms with van der Waals surface area (Å²) in [6, 6.07) is 15.3. The van der Waals surface area contributed by atoms with Gasteiger partial charge in [-0.25, -0.2) is 0 Å². The van der Waals surface area contributed by atoms with Gasteiger partial charge < -0.3 is 9.84 Å². The molecule has 0 bridgehead atoms. The van der Waals surface area contributed by atoms with Gasteiger partial charge in [0.2, 0.25) is 0 Å². The summed E-state index contributed by atoms with van der Waals surface area (Å²) in [4.78, 5) is 21.6. The Balaban J connectivity index is 1.49. The summed E-state index contributed by atoms with van der Waals surface area (Å²) in [5.41, 5.74) is 1.66. The molecule has 0 spiro atoms. The van der Waals surface area contributed by atoms with Crippen LogP contribution in [-0.4, -0.2) is 63.8 Å². The third-order valence-electron chi connectivity index (χ3n) is 7.34. The molecule has 4 rings (SSSR count). The maximum Gasteiger partial charge on any atom is 0.421 e. The summed E-state index contributed by atoms with van der Waals surface area (Å²) in [7, 11) is 0. The van der Waals surface area contributed by atoms with Gasteiger partial charge in [0.1, 0.15) is 6.04 Å². The number of pyridine rings is 1. The first-order valence-corrected chi connectivity index (χ1v) is 13.4. The summed E-state index contributed by atoms with van der Waals surface area (Å²) < 4.78 is 45.3. The van der Waals surface area contributed by atoms with E-state index in [0.29, 0.717) is 19.6 Å². The number of hydrogen-bond acceptors (Lipinski definition) is 6. The van der Waals surface area contributed by atoms with Crippen molar-refractivity contribution in [1.29, 1.82) is 0 Å². The van der Waals surface area contributed by atoms with Crippen LogP contribution in [-0.2, 0) is 28.2 Å². The minimum atomic E-state index is -4.77. The van der Waals surface area contributed by atoms with Crippen LogP contribution in [0.3, 0.4) is 0 Å². The van der Waals surface area contributed by atoms with E-state index in [0.717, 1.165) is 47.8 Å². The van der Waals surface area contributed by atoms with Crippen molar-refractivity contribution in [3.63, 3.8) is 0 Å². The SMILES string of the molecule is Cc1cc(CN2CCN(Cc3ccncc3)C[C@@H]2C(=O)OC(C)C)ccc1-c1ccc(C(C)(O)C(F)(F)F)cc1. The first-order valence-electron chi connectivity index (χ1n) is 13.4. The summed E-state index contributed by atoms with van der Waals surface area (Å²) >= 11 is 0. The van der Waals surface area contributed by atoms with Gasteiger partial charge in [0.05, 0.1) is 6.10 Å². The van der Waals surface area contributed by atoms with Crippen molar-refractivity contribution >= 4 is 5.97 Å². The summed E-state index contributed by atoms with van der Waals surface area (Å²) in [6.07, 6.45) is -1.45. The zero-order valence-corrected chi connectivity index (χ0v) is 23.3. The van der Waals surface area contributed by atoms with E-state index >= 15 is 0 Å². The van der Waals surface area contributed by atoms with Gasteiger partial charge in [-0.3, -0.25) is 19.6 Å². The Morgan fingerprint density at radius 1 is 1.02 bits per heavy atom. The summed E-state index contributed by atoms with van der Waals surface area (Å²) in [6.45, 7) is 9.75. The Labute approximate surface area is 233 Å². The maximum absolute atomic E-state index is 13.2. The predicted octanol–water partition coefficient (Wildman–Crippen LogP) is 5.46. The number of aliphatic hydroxyl groups is 1. The molecule has 1 saturated heterocycles. The van der Waals surface area contributed by atoms with Crippen molar-refractivity contribution in [3.05, 3.63) is 89.2 Å². The molecule has 0 radical (unpaired) electrons. The average molecular weight is 556 g/mol. The van der Waals surface area contributed by atoms with Gasteiger partial charge in [-0.15, -0.1) is 0 Å². The van der Waals surface area contributed by atoms with Crippen molar-refractivity contribution in [1.82, 2.24) is 14.8 Å². The van der Waals surface area contributed by atoms with Crippen molar-refractivity contribution in [2.45, 2.75) is 64.7 Å². The van der Waals surface area contributed by atoms with Crippen LogP contribution < -0.4 is 0 Å². The Kier molecular flexibility index (Phi) is 8.97. The summed E-state index contributed by atoms with van der Waals surface area (Å²) in [5.74, 6) is -0.238. The highest BCUT2D eigenvalue weighted by molar-refractivity contribution is 5.76. The third-order valence-corrected chi connectivity index (χ3v) is 7.34. The first-order chi connectivity index (χ1) is 18.8. The van der Waals surface area contributed by atoms with E-state index < -0.39 is 17.8 Å². The largest absolute Gasteiger partial charge is 0.462 e. The van der Waals surface area contributed by atoms with Crippen LogP contribution in [0.5, 0.6) is 0 Å². The number of rotatable bonds is 8. The number of benzene rings is 2. The molecule has 0 amide bonds. The fraction of sp³-hybridized carbons (Fsp3) is 0.419. The zero-order chi connectivity index (χ0) is 29.1. The number of aromatic nitrogens is 1. The topological polar surface area (TPSA) is 65.9 Å². The number of hydrogen-bond donors (Lipinski definition) is 1. The minimum absolute atomic E-state index is 0.208. The molecular weight excluding hydrogens is 519 g/mol. The predicted molar refractivity (Wildman–Crippen MR) is 147 cm³/mol. The average Bonchev–Trinajstić information content (AvgIpc) is 2.89. The minimum Gasteiger partial charge on any atom is -0.462 e. The Hall–Kier alpha value is -3.27. The highest BCUT2D eigenvalue weighted by atomic mass is 19.4. The molecule has 214 valence electrons. The normalized spacial score (nSPS) is 18.5. The quantitative estimate of drug-likeness (QED) is 0.372. The van der Waals surface area contributed by atoms with Gasteiger partial charge in [0.15, 0.2) is 5.60 Å². The molecule has 2 heterocycles. The van der Waals surface area contributed by atoms with Gasteiger partial charge in [-0.2, -0.15) is 13.2 Å². The van der Waals surface area contributed by atoms with Crippen LogP contribution in [0.1, 0.15) is 43.0 Å². The van der Waals surface area contributed by atoms with Crippen LogP contribution in [0, 0.1) is 6.92 Å². The van der Waals surface area contributed by atoms with Gasteiger partial charge in [0, 0.05) is 45.1 Å². The molecule has 1 unspecified atom stereocenters. The number of piperazine rings is 1. The van der Waals surface area contributed by atoms with Crippen molar-refractivity contribution in [3.8, 4) is 11.1 Å². The fourth-order valence-electron chi connectivity index (χ4n) is 5.01. The molecule has 9 heteroatoms. The second-order valence-corrected chi connectivity index (χ2v) is 10.9. The van der Waals surface area contributed by atoms with E-state index in [2.05, 4.69) is 14.8 Å². The van der Waals surface area contributed by atoms with Crippen LogP contribution in [0.2, 0.25) is 0 Å². The van der Waals surface area contributed by atoms with Gasteiger partial charge in [-0.05, 0) is 73.2 Å².